The molecule has 0 spiro atoms. The van der Waals surface area contributed by atoms with Crippen LogP contribution in [0.5, 0.6) is 5.75 Å². The third-order valence-electron chi connectivity index (χ3n) is 2.71. The number of ether oxygens (including phenoxy) is 1. The van der Waals surface area contributed by atoms with Gasteiger partial charge in [0.2, 0.25) is 0 Å². The van der Waals surface area contributed by atoms with Gasteiger partial charge in [-0.3, -0.25) is 0 Å². The average Bonchev–Trinajstić information content (AvgIpc) is 2.29. The maximum absolute atomic E-state index is 6.15. The molecule has 0 fully saturated rings. The van der Waals surface area contributed by atoms with Gasteiger partial charge in [-0.2, -0.15) is 0 Å². The number of hydrogen-bond acceptors (Lipinski definition) is 1. The van der Waals surface area contributed by atoms with Crippen molar-refractivity contribution >= 4 is 33.1 Å². The first kappa shape index (κ1) is 8.81. The third kappa shape index (κ3) is 1.10. The lowest BCUT2D eigenvalue weighted by molar-refractivity contribution is 0.419. The number of hydrogen-bond donors (Lipinski definition) is 0. The Morgan fingerprint density at radius 1 is 1.20 bits per heavy atom. The van der Waals surface area contributed by atoms with Crippen LogP contribution in [0.15, 0.2) is 30.3 Å². The van der Waals surface area contributed by atoms with Crippen molar-refractivity contribution in [3.8, 4) is 5.75 Å². The van der Waals surface area contributed by atoms with Crippen molar-refractivity contribution in [2.75, 3.05) is 7.11 Å². The summed E-state index contributed by atoms with van der Waals surface area (Å²) in [6, 6.07) is 13.1. The maximum Gasteiger partial charge on any atom is 0.135 e. The van der Waals surface area contributed by atoms with E-state index in [0.29, 0.717) is 0 Å². The van der Waals surface area contributed by atoms with Gasteiger partial charge in [-0.05, 0) is 22.9 Å². The monoisotopic (exact) mass is 215 g/mol. The van der Waals surface area contributed by atoms with Crippen molar-refractivity contribution in [2.24, 2.45) is 0 Å². The average molecular weight is 216 g/mol. The highest BCUT2D eigenvalue weighted by molar-refractivity contribution is 6.38. The molecule has 0 aliphatic carbocycles. The summed E-state index contributed by atoms with van der Waals surface area (Å²) in [5.41, 5.74) is 0. The van der Waals surface area contributed by atoms with Crippen molar-refractivity contribution in [1.82, 2.24) is 0 Å². The van der Waals surface area contributed by atoms with Crippen LogP contribution in [-0.2, 0) is 0 Å². The number of methoxy groups -OCH3 is 1. The standard InChI is InChI=1S/C13H8ClO/c1-15-12-4-2-3-9-8-5-6-10(13(9)12)11(14)7-8/h2-3,5-7H,1H3. The molecule has 0 amide bonds. The predicted molar refractivity (Wildman–Crippen MR) is 63.0 cm³/mol. The Labute approximate surface area is 92.6 Å². The fourth-order valence-corrected chi connectivity index (χ4v) is 2.31. The lowest BCUT2D eigenvalue weighted by atomic mass is 9.99. The Morgan fingerprint density at radius 2 is 2.07 bits per heavy atom. The Hall–Kier alpha value is -1.47. The van der Waals surface area contributed by atoms with Crippen LogP contribution in [0.3, 0.4) is 0 Å². The van der Waals surface area contributed by atoms with Gasteiger partial charge in [0.05, 0.1) is 7.11 Å². The van der Waals surface area contributed by atoms with Gasteiger partial charge in [0, 0.05) is 21.9 Å². The van der Waals surface area contributed by atoms with Crippen LogP contribution in [0.2, 0.25) is 5.02 Å². The topological polar surface area (TPSA) is 9.23 Å². The highest BCUT2D eigenvalue weighted by Crippen LogP contribution is 2.38. The van der Waals surface area contributed by atoms with E-state index in [2.05, 4.69) is 12.1 Å². The van der Waals surface area contributed by atoms with Crippen molar-refractivity contribution in [1.29, 1.82) is 0 Å². The highest BCUT2D eigenvalue weighted by Gasteiger charge is 2.11. The Kier molecular flexibility index (Phi) is 1.77. The second kappa shape index (κ2) is 3.01. The molecule has 0 saturated carbocycles. The van der Waals surface area contributed by atoms with Gasteiger partial charge in [-0.15, -0.1) is 0 Å². The summed E-state index contributed by atoms with van der Waals surface area (Å²) in [6.45, 7) is 0. The summed E-state index contributed by atoms with van der Waals surface area (Å²) in [4.78, 5) is 0. The van der Waals surface area contributed by atoms with E-state index >= 15 is 0 Å². The van der Waals surface area contributed by atoms with Crippen molar-refractivity contribution in [2.45, 2.75) is 0 Å². The van der Waals surface area contributed by atoms with Crippen LogP contribution in [-0.4, -0.2) is 7.11 Å². The molecule has 4 aromatic carbocycles. The number of halogens is 1. The van der Waals surface area contributed by atoms with Gasteiger partial charge in [0.1, 0.15) is 5.75 Å². The molecule has 0 heterocycles. The molecule has 0 aromatic heterocycles. The van der Waals surface area contributed by atoms with E-state index in [1.165, 1.54) is 5.39 Å². The van der Waals surface area contributed by atoms with E-state index in [9.17, 15) is 0 Å². The van der Waals surface area contributed by atoms with E-state index in [0.717, 1.165) is 26.9 Å². The minimum Gasteiger partial charge on any atom is -0.495 e. The summed E-state index contributed by atoms with van der Waals surface area (Å²) >= 11 is 6.15. The molecule has 0 aliphatic heterocycles. The minimum absolute atomic E-state index is 0.760. The smallest absolute Gasteiger partial charge is 0.135 e. The number of benzene rings is 4. The second-order valence-electron chi connectivity index (χ2n) is 3.49. The Bertz CT molecular complexity index is 630. The normalized spacial score (nSPS) is 11.3. The SMILES string of the molecule is COc1[c]ccc2c3ccc(c(Cl)c3)c12. The third-order valence-corrected chi connectivity index (χ3v) is 3.03. The van der Waals surface area contributed by atoms with E-state index in [1.54, 1.807) is 7.11 Å². The second-order valence-corrected chi connectivity index (χ2v) is 3.90. The zero-order valence-electron chi connectivity index (χ0n) is 8.17. The maximum atomic E-state index is 6.15. The van der Waals surface area contributed by atoms with Gasteiger partial charge < -0.3 is 4.74 Å². The molecule has 1 nitrogen and oxygen atoms in total. The van der Waals surface area contributed by atoms with Gasteiger partial charge in [0.25, 0.3) is 0 Å². The van der Waals surface area contributed by atoms with Crippen LogP contribution in [0, 0.1) is 6.07 Å². The minimum atomic E-state index is 0.760. The van der Waals surface area contributed by atoms with Crippen LogP contribution in [0.4, 0.5) is 0 Å². The summed E-state index contributed by atoms with van der Waals surface area (Å²) in [6.07, 6.45) is 0. The van der Waals surface area contributed by atoms with Crippen molar-refractivity contribution in [3.63, 3.8) is 0 Å². The van der Waals surface area contributed by atoms with E-state index in [-0.39, 0.29) is 0 Å². The first-order valence-corrected chi connectivity index (χ1v) is 5.08. The molecule has 2 heteroatoms. The largest absolute Gasteiger partial charge is 0.495 e. The molecule has 0 aliphatic rings. The number of fused-ring (bicyclic) bond motifs is 2. The molecule has 0 atom stereocenters. The summed E-state index contributed by atoms with van der Waals surface area (Å²) in [7, 11) is 1.65. The molecule has 1 radical (unpaired) electrons. The first-order chi connectivity index (χ1) is 7.31. The summed E-state index contributed by atoms with van der Waals surface area (Å²) < 4.78 is 5.30. The van der Waals surface area contributed by atoms with Crippen LogP contribution in [0.1, 0.15) is 0 Å². The molecule has 0 unspecified atom stereocenters. The van der Waals surface area contributed by atoms with Crippen LogP contribution >= 0.6 is 11.6 Å². The van der Waals surface area contributed by atoms with Gasteiger partial charge in [-0.25, -0.2) is 0 Å². The molecule has 4 rings (SSSR count). The molecule has 0 saturated heterocycles. The molecular formula is C13H8ClO. The fraction of sp³-hybridized carbons (Fsp3) is 0.0769. The van der Waals surface area contributed by atoms with Gasteiger partial charge in [-0.1, -0.05) is 29.8 Å². The molecule has 2 bridgehead atoms. The molecule has 15 heavy (non-hydrogen) atoms. The molecule has 73 valence electrons. The zero-order chi connectivity index (χ0) is 10.4. The highest BCUT2D eigenvalue weighted by atomic mass is 35.5. The molecular weight excluding hydrogens is 208 g/mol. The van der Waals surface area contributed by atoms with Crippen molar-refractivity contribution in [3.05, 3.63) is 41.4 Å². The molecule has 0 N–H and O–H groups in total. The van der Waals surface area contributed by atoms with Crippen LogP contribution < -0.4 is 4.74 Å². The van der Waals surface area contributed by atoms with E-state index < -0.39 is 0 Å². The van der Waals surface area contributed by atoms with Crippen LogP contribution in [0.25, 0.3) is 21.5 Å². The summed E-state index contributed by atoms with van der Waals surface area (Å²) in [5, 5.41) is 5.17. The van der Waals surface area contributed by atoms with E-state index in [4.69, 9.17) is 16.3 Å². The quantitative estimate of drug-likeness (QED) is 0.598. The van der Waals surface area contributed by atoms with Crippen molar-refractivity contribution < 1.29 is 4.74 Å². The number of rotatable bonds is 1. The van der Waals surface area contributed by atoms with E-state index in [1.807, 2.05) is 24.3 Å². The summed E-state index contributed by atoms with van der Waals surface area (Å²) in [5.74, 6) is 0.760. The lowest BCUT2D eigenvalue weighted by Gasteiger charge is -2.11. The Morgan fingerprint density at radius 3 is 2.80 bits per heavy atom. The predicted octanol–water partition coefficient (Wildman–Crippen LogP) is 3.89. The zero-order valence-corrected chi connectivity index (χ0v) is 8.93. The van der Waals surface area contributed by atoms with Gasteiger partial charge >= 0.3 is 0 Å². The molecule has 4 aromatic rings. The fourth-order valence-electron chi connectivity index (χ4n) is 2.03. The lowest BCUT2D eigenvalue weighted by Crippen LogP contribution is -1.88. The Balaban J connectivity index is 2.62. The first-order valence-electron chi connectivity index (χ1n) is 4.70. The van der Waals surface area contributed by atoms with Gasteiger partial charge in [0.15, 0.2) is 0 Å².